The lowest BCUT2D eigenvalue weighted by molar-refractivity contribution is -0.139. The number of hydrogen-bond donors (Lipinski definition) is 2. The number of amides is 2. The van der Waals surface area contributed by atoms with Crippen molar-refractivity contribution in [1.82, 2.24) is 10.2 Å². The zero-order valence-corrected chi connectivity index (χ0v) is 10.6. The van der Waals surface area contributed by atoms with Crippen LogP contribution >= 0.6 is 0 Å². The highest BCUT2D eigenvalue weighted by Gasteiger charge is 2.33. The van der Waals surface area contributed by atoms with Crippen molar-refractivity contribution in [2.24, 2.45) is 0 Å². The summed E-state index contributed by atoms with van der Waals surface area (Å²) in [5, 5.41) is 11.5. The van der Waals surface area contributed by atoms with Crippen molar-refractivity contribution < 1.29 is 14.7 Å². The van der Waals surface area contributed by atoms with Gasteiger partial charge in [-0.3, -0.25) is 0 Å². The number of urea groups is 1. The molecule has 1 saturated carbocycles. The van der Waals surface area contributed by atoms with Crippen molar-refractivity contribution in [3.05, 3.63) is 0 Å². The lowest BCUT2D eigenvalue weighted by Crippen LogP contribution is -2.48. The fourth-order valence-electron chi connectivity index (χ4n) is 1.73. The third kappa shape index (κ3) is 4.24. The van der Waals surface area contributed by atoms with Crippen LogP contribution in [0, 0.1) is 0 Å². The lowest BCUT2D eigenvalue weighted by Gasteiger charge is -2.24. The van der Waals surface area contributed by atoms with Crippen LogP contribution in [0.5, 0.6) is 0 Å². The van der Waals surface area contributed by atoms with Crippen LogP contribution in [0.1, 0.15) is 46.0 Å². The van der Waals surface area contributed by atoms with E-state index in [-0.39, 0.29) is 6.03 Å². The number of carbonyl (C=O) groups excluding carboxylic acids is 1. The van der Waals surface area contributed by atoms with Gasteiger partial charge in [-0.15, -0.1) is 0 Å². The van der Waals surface area contributed by atoms with E-state index in [1.54, 1.807) is 11.8 Å². The molecule has 2 N–H and O–H groups in total. The van der Waals surface area contributed by atoms with E-state index in [0.29, 0.717) is 12.5 Å². The second-order valence-electron chi connectivity index (χ2n) is 4.53. The molecule has 98 valence electrons. The van der Waals surface area contributed by atoms with Gasteiger partial charge in [0.05, 0.1) is 0 Å². The molecule has 0 bridgehead atoms. The first-order valence-corrected chi connectivity index (χ1v) is 6.40. The number of hydrogen-bond acceptors (Lipinski definition) is 2. The molecule has 0 aromatic carbocycles. The molecule has 2 amide bonds. The molecular formula is C12H22N2O3. The predicted molar refractivity (Wildman–Crippen MR) is 64.9 cm³/mol. The molecule has 0 aromatic rings. The number of aliphatic carboxylic acids is 1. The second kappa shape index (κ2) is 6.47. The summed E-state index contributed by atoms with van der Waals surface area (Å²) in [6, 6.07) is -0.673. The van der Waals surface area contributed by atoms with Gasteiger partial charge in [-0.2, -0.15) is 0 Å². The van der Waals surface area contributed by atoms with Gasteiger partial charge >= 0.3 is 12.0 Å². The molecule has 5 heteroatoms. The first-order chi connectivity index (χ1) is 8.10. The Balaban J connectivity index is 2.49. The third-order valence-electron chi connectivity index (χ3n) is 3.01. The summed E-state index contributed by atoms with van der Waals surface area (Å²) in [7, 11) is 0. The number of rotatable bonds is 7. The van der Waals surface area contributed by atoms with Crippen LogP contribution in [0.2, 0.25) is 0 Å². The van der Waals surface area contributed by atoms with Crippen LogP contribution in [-0.2, 0) is 4.79 Å². The maximum absolute atomic E-state index is 12.0. The third-order valence-corrected chi connectivity index (χ3v) is 3.01. The van der Waals surface area contributed by atoms with Gasteiger partial charge in [-0.05, 0) is 25.7 Å². The molecule has 1 rings (SSSR count). The van der Waals surface area contributed by atoms with E-state index in [9.17, 15) is 9.59 Å². The largest absolute Gasteiger partial charge is 0.480 e. The van der Waals surface area contributed by atoms with Crippen LogP contribution in [0.4, 0.5) is 4.79 Å². The molecule has 1 atom stereocenters. The predicted octanol–water partition coefficient (Wildman–Crippen LogP) is 1.82. The number of nitrogens with zero attached hydrogens (tertiary/aromatic N) is 1. The standard InChI is InChI=1S/C12H22N2O3/c1-3-5-8-14(9-6-7-9)12(17)13-10(4-2)11(15)16/h9-10H,3-8H2,1-2H3,(H,13,17)(H,15,16)/t10-/m1/s1. The number of carboxylic acid groups (broad SMARTS) is 1. The van der Waals surface area contributed by atoms with Gasteiger partial charge in [-0.1, -0.05) is 20.3 Å². The van der Waals surface area contributed by atoms with E-state index in [4.69, 9.17) is 5.11 Å². The quantitative estimate of drug-likeness (QED) is 0.715. The maximum Gasteiger partial charge on any atom is 0.326 e. The van der Waals surface area contributed by atoms with E-state index in [0.717, 1.165) is 32.2 Å². The van der Waals surface area contributed by atoms with Crippen LogP contribution in [-0.4, -0.2) is 40.6 Å². The highest BCUT2D eigenvalue weighted by Crippen LogP contribution is 2.27. The monoisotopic (exact) mass is 242 g/mol. The Bertz CT molecular complexity index is 277. The molecule has 1 fully saturated rings. The van der Waals surface area contributed by atoms with E-state index < -0.39 is 12.0 Å². The fourth-order valence-corrected chi connectivity index (χ4v) is 1.73. The highest BCUT2D eigenvalue weighted by atomic mass is 16.4. The van der Waals surface area contributed by atoms with E-state index >= 15 is 0 Å². The molecule has 0 aromatic heterocycles. The van der Waals surface area contributed by atoms with Crippen molar-refractivity contribution in [2.75, 3.05) is 6.54 Å². The number of nitrogens with one attached hydrogen (secondary N) is 1. The molecule has 0 heterocycles. The van der Waals surface area contributed by atoms with Gasteiger partial charge in [0, 0.05) is 12.6 Å². The van der Waals surface area contributed by atoms with Gasteiger partial charge < -0.3 is 15.3 Å². The minimum atomic E-state index is -0.966. The first-order valence-electron chi connectivity index (χ1n) is 6.40. The Morgan fingerprint density at radius 1 is 1.41 bits per heavy atom. The van der Waals surface area contributed by atoms with E-state index in [1.807, 2.05) is 0 Å². The molecule has 17 heavy (non-hydrogen) atoms. The molecule has 5 nitrogen and oxygen atoms in total. The van der Waals surface area contributed by atoms with Gasteiger partial charge in [0.2, 0.25) is 0 Å². The Morgan fingerprint density at radius 2 is 2.06 bits per heavy atom. The van der Waals surface area contributed by atoms with Gasteiger partial charge in [0.1, 0.15) is 6.04 Å². The number of unbranched alkanes of at least 4 members (excludes halogenated alkanes) is 1. The zero-order valence-electron chi connectivity index (χ0n) is 10.6. The van der Waals surface area contributed by atoms with Crippen LogP contribution in [0.15, 0.2) is 0 Å². The summed E-state index contributed by atoms with van der Waals surface area (Å²) >= 11 is 0. The molecule has 0 aliphatic heterocycles. The summed E-state index contributed by atoms with van der Waals surface area (Å²) in [5.74, 6) is -0.966. The minimum absolute atomic E-state index is 0.227. The van der Waals surface area contributed by atoms with Gasteiger partial charge in [0.15, 0.2) is 0 Å². The zero-order chi connectivity index (χ0) is 12.8. The first kappa shape index (κ1) is 13.8. The Hall–Kier alpha value is -1.26. The molecule has 0 unspecified atom stereocenters. The van der Waals surface area contributed by atoms with Crippen LogP contribution in [0.3, 0.4) is 0 Å². The average Bonchev–Trinajstić information content (AvgIpc) is 3.10. The Morgan fingerprint density at radius 3 is 2.47 bits per heavy atom. The normalized spacial score (nSPS) is 16.4. The molecule has 0 spiro atoms. The minimum Gasteiger partial charge on any atom is -0.480 e. The van der Waals surface area contributed by atoms with E-state index in [1.165, 1.54) is 0 Å². The van der Waals surface area contributed by atoms with Crippen molar-refractivity contribution in [2.45, 2.75) is 58.0 Å². The smallest absolute Gasteiger partial charge is 0.326 e. The highest BCUT2D eigenvalue weighted by molar-refractivity contribution is 5.82. The van der Waals surface area contributed by atoms with Gasteiger partial charge in [0.25, 0.3) is 0 Å². The van der Waals surface area contributed by atoms with Crippen molar-refractivity contribution in [3.8, 4) is 0 Å². The lowest BCUT2D eigenvalue weighted by atomic mass is 10.2. The van der Waals surface area contributed by atoms with Gasteiger partial charge in [-0.25, -0.2) is 9.59 Å². The average molecular weight is 242 g/mol. The van der Waals surface area contributed by atoms with E-state index in [2.05, 4.69) is 12.2 Å². The molecular weight excluding hydrogens is 220 g/mol. The topological polar surface area (TPSA) is 69.6 Å². The molecule has 1 aliphatic rings. The molecule has 0 saturated heterocycles. The summed E-state index contributed by atoms with van der Waals surface area (Å²) in [6.07, 6.45) is 4.50. The number of carboxylic acids is 1. The molecule has 1 aliphatic carbocycles. The van der Waals surface area contributed by atoms with Crippen molar-refractivity contribution in [3.63, 3.8) is 0 Å². The van der Waals surface area contributed by atoms with Crippen molar-refractivity contribution in [1.29, 1.82) is 0 Å². The summed E-state index contributed by atoms with van der Waals surface area (Å²) < 4.78 is 0. The number of carbonyl (C=O) groups is 2. The summed E-state index contributed by atoms with van der Waals surface area (Å²) in [5.41, 5.74) is 0. The van der Waals surface area contributed by atoms with Crippen molar-refractivity contribution >= 4 is 12.0 Å². The fraction of sp³-hybridized carbons (Fsp3) is 0.833. The maximum atomic E-state index is 12.0. The Labute approximate surface area is 102 Å². The van der Waals surface area contributed by atoms with Crippen LogP contribution < -0.4 is 5.32 Å². The Kier molecular flexibility index (Phi) is 5.25. The summed E-state index contributed by atoms with van der Waals surface area (Å²) in [6.45, 7) is 4.56. The summed E-state index contributed by atoms with van der Waals surface area (Å²) in [4.78, 5) is 24.6. The second-order valence-corrected chi connectivity index (χ2v) is 4.53. The SMILES string of the molecule is CCCCN(C(=O)N[C@H](CC)C(=O)O)C1CC1. The molecule has 0 radical (unpaired) electrons. The van der Waals surface area contributed by atoms with Crippen LogP contribution in [0.25, 0.3) is 0 Å².